The monoisotopic (exact) mass is 465 g/mol. The van der Waals surface area contributed by atoms with Crippen molar-refractivity contribution in [1.82, 2.24) is 15.2 Å². The van der Waals surface area contributed by atoms with Crippen molar-refractivity contribution in [3.63, 3.8) is 0 Å². The van der Waals surface area contributed by atoms with Crippen molar-refractivity contribution < 1.29 is 15.0 Å². The summed E-state index contributed by atoms with van der Waals surface area (Å²) in [5, 5.41) is 31.6. The van der Waals surface area contributed by atoms with Gasteiger partial charge in [-0.15, -0.1) is 0 Å². The maximum atomic E-state index is 10.9. The highest BCUT2D eigenvalue weighted by Gasteiger charge is 2.20. The number of aryl methyl sites for hydroxylation is 1. The Kier molecular flexibility index (Phi) is 6.83. The standard InChI is InChI=1S/C24H27N5O3S/c1-14(26-27-23(33)25-18-12-8-16(9-13-18)22(31)32)19-21(30)20(29(5)28-19)15-6-10-17(11-7-15)24(2,3)4/h6-13,30H,1-5H3,(H,31,32)(H2,25,27,33). The van der Waals surface area contributed by atoms with Crippen molar-refractivity contribution >= 4 is 34.7 Å². The van der Waals surface area contributed by atoms with Gasteiger partial charge in [0.15, 0.2) is 16.6 Å². The van der Waals surface area contributed by atoms with Crippen LogP contribution in [0.15, 0.2) is 53.6 Å². The van der Waals surface area contributed by atoms with Crippen LogP contribution >= 0.6 is 12.2 Å². The number of aromatic hydroxyl groups is 1. The number of hydrogen-bond donors (Lipinski definition) is 4. The number of aromatic carboxylic acids is 1. The molecule has 3 aromatic rings. The van der Waals surface area contributed by atoms with Gasteiger partial charge in [-0.1, -0.05) is 45.0 Å². The summed E-state index contributed by atoms with van der Waals surface area (Å²) in [5.74, 6) is -0.964. The molecule has 0 spiro atoms. The average molecular weight is 466 g/mol. The Balaban J connectivity index is 1.74. The van der Waals surface area contributed by atoms with E-state index in [9.17, 15) is 9.90 Å². The fourth-order valence-electron chi connectivity index (χ4n) is 3.25. The number of anilines is 1. The summed E-state index contributed by atoms with van der Waals surface area (Å²) in [7, 11) is 1.77. The maximum absolute atomic E-state index is 10.9. The van der Waals surface area contributed by atoms with Crippen LogP contribution in [0.2, 0.25) is 0 Å². The normalized spacial score (nSPS) is 11.8. The summed E-state index contributed by atoms with van der Waals surface area (Å²) in [6.07, 6.45) is 0. The third-order valence-electron chi connectivity index (χ3n) is 5.10. The number of thiocarbonyl (C=S) groups is 1. The van der Waals surface area contributed by atoms with Gasteiger partial charge in [-0.05, 0) is 54.4 Å². The number of benzene rings is 2. The highest BCUT2D eigenvalue weighted by molar-refractivity contribution is 7.80. The summed E-state index contributed by atoms with van der Waals surface area (Å²) in [6, 6.07) is 14.2. The van der Waals surface area contributed by atoms with Gasteiger partial charge in [-0.2, -0.15) is 10.2 Å². The molecule has 9 heteroatoms. The number of carboxylic acids is 1. The predicted octanol–water partition coefficient (Wildman–Crippen LogP) is 4.50. The molecule has 2 aromatic carbocycles. The van der Waals surface area contributed by atoms with Crippen LogP contribution < -0.4 is 10.7 Å². The minimum absolute atomic E-state index is 0.0344. The number of aromatic nitrogens is 2. The molecule has 1 aromatic heterocycles. The first-order valence-electron chi connectivity index (χ1n) is 10.3. The van der Waals surface area contributed by atoms with Crippen molar-refractivity contribution in [2.24, 2.45) is 12.1 Å². The van der Waals surface area contributed by atoms with Gasteiger partial charge in [-0.25, -0.2) is 4.79 Å². The SMILES string of the molecule is CC(=NNC(=S)Nc1ccc(C(=O)O)cc1)c1nn(C)c(-c2ccc(C(C)(C)C)cc2)c1O. The molecule has 0 saturated carbocycles. The Morgan fingerprint density at radius 2 is 1.70 bits per heavy atom. The van der Waals surface area contributed by atoms with Crippen LogP contribution in [0.25, 0.3) is 11.3 Å². The third kappa shape index (κ3) is 5.56. The quantitative estimate of drug-likeness (QED) is 0.249. The molecule has 0 saturated heterocycles. The van der Waals surface area contributed by atoms with E-state index >= 15 is 0 Å². The van der Waals surface area contributed by atoms with Gasteiger partial charge in [0.05, 0.1) is 11.3 Å². The number of carbonyl (C=O) groups is 1. The third-order valence-corrected chi connectivity index (χ3v) is 5.30. The van der Waals surface area contributed by atoms with E-state index in [1.54, 1.807) is 30.8 Å². The molecule has 0 aliphatic rings. The van der Waals surface area contributed by atoms with Crippen molar-refractivity contribution in [3.8, 4) is 17.0 Å². The summed E-state index contributed by atoms with van der Waals surface area (Å²) < 4.78 is 1.62. The number of nitrogens with one attached hydrogen (secondary N) is 2. The molecule has 1 heterocycles. The molecule has 172 valence electrons. The smallest absolute Gasteiger partial charge is 0.335 e. The zero-order chi connectivity index (χ0) is 24.3. The van der Waals surface area contributed by atoms with Gasteiger partial charge >= 0.3 is 5.97 Å². The highest BCUT2D eigenvalue weighted by atomic mass is 32.1. The second-order valence-corrected chi connectivity index (χ2v) is 9.05. The Labute approximate surface area is 198 Å². The number of nitrogens with zero attached hydrogens (tertiary/aromatic N) is 3. The largest absolute Gasteiger partial charge is 0.504 e. The minimum atomic E-state index is -0.998. The minimum Gasteiger partial charge on any atom is -0.504 e. The van der Waals surface area contributed by atoms with E-state index in [2.05, 4.69) is 53.8 Å². The molecule has 0 radical (unpaired) electrons. The van der Waals surface area contributed by atoms with E-state index < -0.39 is 5.97 Å². The summed E-state index contributed by atoms with van der Waals surface area (Å²) >= 11 is 5.24. The van der Waals surface area contributed by atoms with Gasteiger partial charge in [0.2, 0.25) is 0 Å². The first kappa shape index (κ1) is 23.9. The molecular formula is C24H27N5O3S. The van der Waals surface area contributed by atoms with Gasteiger partial charge in [0.1, 0.15) is 5.69 Å². The molecule has 0 unspecified atom stereocenters. The Hall–Kier alpha value is -3.72. The predicted molar refractivity (Wildman–Crippen MR) is 134 cm³/mol. The number of hydrazone groups is 1. The van der Waals surface area contributed by atoms with E-state index in [4.69, 9.17) is 17.3 Å². The first-order valence-corrected chi connectivity index (χ1v) is 10.7. The summed E-state index contributed by atoms with van der Waals surface area (Å²) in [5.41, 5.74) is 7.00. The second kappa shape index (κ2) is 9.41. The fourth-order valence-corrected chi connectivity index (χ4v) is 3.41. The van der Waals surface area contributed by atoms with Crippen LogP contribution in [-0.2, 0) is 12.5 Å². The van der Waals surface area contributed by atoms with Crippen molar-refractivity contribution in [2.75, 3.05) is 5.32 Å². The zero-order valence-corrected chi connectivity index (χ0v) is 20.0. The second-order valence-electron chi connectivity index (χ2n) is 8.64. The van der Waals surface area contributed by atoms with Crippen molar-refractivity contribution in [3.05, 3.63) is 65.4 Å². The van der Waals surface area contributed by atoms with E-state index in [1.807, 2.05) is 12.1 Å². The molecule has 0 fully saturated rings. The van der Waals surface area contributed by atoms with Gasteiger partial charge in [0.25, 0.3) is 0 Å². The maximum Gasteiger partial charge on any atom is 0.335 e. The van der Waals surface area contributed by atoms with Crippen LogP contribution in [0.4, 0.5) is 5.69 Å². The van der Waals surface area contributed by atoms with Crippen LogP contribution in [-0.4, -0.2) is 36.8 Å². The van der Waals surface area contributed by atoms with Gasteiger partial charge < -0.3 is 15.5 Å². The Morgan fingerprint density at radius 3 is 2.24 bits per heavy atom. The van der Waals surface area contributed by atoms with Gasteiger partial charge in [0, 0.05) is 18.3 Å². The molecule has 33 heavy (non-hydrogen) atoms. The van der Waals surface area contributed by atoms with Crippen LogP contribution in [0, 0.1) is 0 Å². The molecule has 0 aliphatic carbocycles. The molecule has 0 aliphatic heterocycles. The average Bonchev–Trinajstić information content (AvgIpc) is 3.06. The molecule has 3 rings (SSSR count). The fraction of sp³-hybridized carbons (Fsp3) is 0.250. The summed E-state index contributed by atoms with van der Waals surface area (Å²) in [6.45, 7) is 8.17. The lowest BCUT2D eigenvalue weighted by Crippen LogP contribution is -2.25. The topological polar surface area (TPSA) is 112 Å². The zero-order valence-electron chi connectivity index (χ0n) is 19.2. The molecule has 0 amide bonds. The van der Waals surface area contributed by atoms with E-state index in [0.29, 0.717) is 22.8 Å². The highest BCUT2D eigenvalue weighted by Crippen LogP contribution is 2.33. The van der Waals surface area contributed by atoms with E-state index in [-0.39, 0.29) is 21.8 Å². The Morgan fingerprint density at radius 1 is 1.09 bits per heavy atom. The number of rotatable bonds is 5. The lowest BCUT2D eigenvalue weighted by Gasteiger charge is -2.19. The van der Waals surface area contributed by atoms with Crippen LogP contribution in [0.3, 0.4) is 0 Å². The first-order chi connectivity index (χ1) is 15.5. The van der Waals surface area contributed by atoms with E-state index in [1.165, 1.54) is 17.7 Å². The van der Waals surface area contributed by atoms with Gasteiger partial charge in [-0.3, -0.25) is 10.1 Å². The lowest BCUT2D eigenvalue weighted by atomic mass is 9.86. The van der Waals surface area contributed by atoms with Crippen molar-refractivity contribution in [1.29, 1.82) is 0 Å². The lowest BCUT2D eigenvalue weighted by molar-refractivity contribution is 0.0697. The molecule has 0 bridgehead atoms. The van der Waals surface area contributed by atoms with E-state index in [0.717, 1.165) is 5.56 Å². The van der Waals surface area contributed by atoms with Crippen LogP contribution in [0.5, 0.6) is 5.75 Å². The molecule has 0 atom stereocenters. The van der Waals surface area contributed by atoms with Crippen molar-refractivity contribution in [2.45, 2.75) is 33.1 Å². The van der Waals surface area contributed by atoms with Crippen LogP contribution in [0.1, 0.15) is 49.3 Å². The summed E-state index contributed by atoms with van der Waals surface area (Å²) in [4.78, 5) is 10.9. The molecule has 8 nitrogen and oxygen atoms in total. The molecule has 4 N–H and O–H groups in total. The Bertz CT molecular complexity index is 1210. The number of hydrogen-bond acceptors (Lipinski definition) is 5. The molecular weight excluding hydrogens is 438 g/mol. The number of carboxylic acid groups (broad SMARTS) is 1.